The minimum absolute atomic E-state index is 0.0683. The van der Waals surface area contributed by atoms with Crippen LogP contribution in [0.25, 0.3) is 11.1 Å². The van der Waals surface area contributed by atoms with Gasteiger partial charge >= 0.3 is 11.9 Å². The molecule has 0 aliphatic heterocycles. The van der Waals surface area contributed by atoms with Crippen LogP contribution in [0.2, 0.25) is 0 Å². The minimum atomic E-state index is -3.11. The summed E-state index contributed by atoms with van der Waals surface area (Å²) in [5.41, 5.74) is 2.29. The Morgan fingerprint density at radius 2 is 1.83 bits per heavy atom. The van der Waals surface area contributed by atoms with E-state index in [-0.39, 0.29) is 12.1 Å². The fourth-order valence-corrected chi connectivity index (χ4v) is 3.11. The number of carboxylic acids is 1. The zero-order chi connectivity index (χ0) is 21.0. The van der Waals surface area contributed by atoms with Crippen LogP contribution in [0.4, 0.5) is 8.78 Å². The molecule has 0 atom stereocenters. The molecule has 2 aromatic carbocycles. The Labute approximate surface area is 168 Å². The lowest BCUT2D eigenvalue weighted by atomic mass is 9.99. The molecule has 1 aromatic heterocycles. The molecule has 0 aliphatic carbocycles. The first-order chi connectivity index (χ1) is 13.9. The van der Waals surface area contributed by atoms with E-state index in [1.54, 1.807) is 12.1 Å². The second-order valence-corrected chi connectivity index (χ2v) is 6.86. The predicted molar refractivity (Wildman–Crippen MR) is 106 cm³/mol. The Bertz CT molecular complexity index is 1000. The van der Waals surface area contributed by atoms with E-state index in [2.05, 4.69) is 10.1 Å². The van der Waals surface area contributed by atoms with Crippen molar-refractivity contribution in [2.75, 3.05) is 0 Å². The lowest BCUT2D eigenvalue weighted by Crippen LogP contribution is -2.15. The summed E-state index contributed by atoms with van der Waals surface area (Å²) < 4.78 is 29.5. The van der Waals surface area contributed by atoms with Crippen LogP contribution in [0.1, 0.15) is 54.3 Å². The maximum absolute atomic E-state index is 14.1. The highest BCUT2D eigenvalue weighted by Crippen LogP contribution is 2.29. The fraction of sp³-hybridized carbons (Fsp3) is 0.318. The third kappa shape index (κ3) is 4.50. The molecular formula is C22H23F2N3O2. The summed E-state index contributed by atoms with van der Waals surface area (Å²) in [5.74, 6) is -4.27. The molecule has 0 bridgehead atoms. The van der Waals surface area contributed by atoms with E-state index >= 15 is 0 Å². The number of hydrogen-bond acceptors (Lipinski definition) is 3. The second kappa shape index (κ2) is 8.51. The van der Waals surface area contributed by atoms with E-state index in [1.165, 1.54) is 11.6 Å². The number of halogens is 2. The van der Waals surface area contributed by atoms with Crippen LogP contribution in [-0.4, -0.2) is 25.8 Å². The standard InChI is InChI=1S/C22H23F2N3O2/c1-3-8-19-25-21(22(23,24)4-2)26-27(19)14-17-12-11-16(13-18(17)20(28)29)15-9-6-5-7-10-15/h5-7,9-13H,3-4,8,14H2,1-2H3,(H,28,29). The van der Waals surface area contributed by atoms with Gasteiger partial charge in [0.05, 0.1) is 12.1 Å². The molecule has 3 aromatic rings. The van der Waals surface area contributed by atoms with Crippen molar-refractivity contribution < 1.29 is 18.7 Å². The van der Waals surface area contributed by atoms with Gasteiger partial charge in [0.1, 0.15) is 5.82 Å². The fourth-order valence-electron chi connectivity index (χ4n) is 3.11. The normalized spacial score (nSPS) is 11.6. The van der Waals surface area contributed by atoms with Gasteiger partial charge in [0.25, 0.3) is 0 Å². The van der Waals surface area contributed by atoms with E-state index in [9.17, 15) is 18.7 Å². The molecule has 7 heteroatoms. The van der Waals surface area contributed by atoms with E-state index < -0.39 is 24.1 Å². The van der Waals surface area contributed by atoms with Crippen LogP contribution in [-0.2, 0) is 18.9 Å². The Morgan fingerprint density at radius 1 is 1.10 bits per heavy atom. The number of carbonyl (C=O) groups is 1. The average Bonchev–Trinajstić information content (AvgIpc) is 3.12. The van der Waals surface area contributed by atoms with Crippen molar-refractivity contribution in [2.24, 2.45) is 0 Å². The Balaban J connectivity index is 2.00. The Hall–Kier alpha value is -3.09. The summed E-state index contributed by atoms with van der Waals surface area (Å²) in [7, 11) is 0. The van der Waals surface area contributed by atoms with Crippen LogP contribution in [0.15, 0.2) is 48.5 Å². The summed E-state index contributed by atoms with van der Waals surface area (Å²) in [6, 6.07) is 14.6. The van der Waals surface area contributed by atoms with Gasteiger partial charge in [0, 0.05) is 12.8 Å². The summed E-state index contributed by atoms with van der Waals surface area (Å²) in [6.07, 6.45) is 0.806. The van der Waals surface area contributed by atoms with E-state index in [0.717, 1.165) is 11.1 Å². The predicted octanol–water partition coefficient (Wildman–Crippen LogP) is 5.15. The third-order valence-corrected chi connectivity index (χ3v) is 4.76. The quantitative estimate of drug-likeness (QED) is 0.569. The van der Waals surface area contributed by atoms with Crippen molar-refractivity contribution in [1.29, 1.82) is 0 Å². The Morgan fingerprint density at radius 3 is 2.45 bits per heavy atom. The van der Waals surface area contributed by atoms with Crippen LogP contribution >= 0.6 is 0 Å². The molecule has 1 heterocycles. The van der Waals surface area contributed by atoms with E-state index in [0.29, 0.717) is 24.2 Å². The maximum atomic E-state index is 14.1. The zero-order valence-corrected chi connectivity index (χ0v) is 16.4. The number of nitrogens with zero attached hydrogens (tertiary/aromatic N) is 3. The zero-order valence-electron chi connectivity index (χ0n) is 16.4. The largest absolute Gasteiger partial charge is 0.478 e. The summed E-state index contributed by atoms with van der Waals surface area (Å²) >= 11 is 0. The average molecular weight is 399 g/mol. The highest BCUT2D eigenvalue weighted by atomic mass is 19.3. The first kappa shape index (κ1) is 20.6. The molecule has 3 rings (SSSR count). The van der Waals surface area contributed by atoms with Crippen molar-refractivity contribution in [2.45, 2.75) is 45.6 Å². The molecule has 0 saturated carbocycles. The lowest BCUT2D eigenvalue weighted by molar-refractivity contribution is -0.0177. The molecule has 0 unspecified atom stereocenters. The molecule has 0 amide bonds. The third-order valence-electron chi connectivity index (χ3n) is 4.76. The van der Waals surface area contributed by atoms with E-state index in [4.69, 9.17) is 0 Å². The smallest absolute Gasteiger partial charge is 0.336 e. The minimum Gasteiger partial charge on any atom is -0.478 e. The van der Waals surface area contributed by atoms with Crippen LogP contribution < -0.4 is 0 Å². The molecule has 0 radical (unpaired) electrons. The number of carboxylic acid groups (broad SMARTS) is 1. The maximum Gasteiger partial charge on any atom is 0.336 e. The van der Waals surface area contributed by atoms with E-state index in [1.807, 2.05) is 43.3 Å². The van der Waals surface area contributed by atoms with Gasteiger partial charge in [-0.2, -0.15) is 8.78 Å². The van der Waals surface area contributed by atoms with Gasteiger partial charge < -0.3 is 5.11 Å². The molecule has 29 heavy (non-hydrogen) atoms. The lowest BCUT2D eigenvalue weighted by Gasteiger charge is -2.11. The van der Waals surface area contributed by atoms with Crippen molar-refractivity contribution in [1.82, 2.24) is 14.8 Å². The van der Waals surface area contributed by atoms with Gasteiger partial charge in [-0.05, 0) is 29.2 Å². The van der Waals surface area contributed by atoms with Gasteiger partial charge in [-0.1, -0.05) is 56.3 Å². The molecular weight excluding hydrogens is 376 g/mol. The summed E-state index contributed by atoms with van der Waals surface area (Å²) in [4.78, 5) is 15.9. The van der Waals surface area contributed by atoms with Gasteiger partial charge in [-0.25, -0.2) is 14.5 Å². The summed E-state index contributed by atoms with van der Waals surface area (Å²) in [5, 5.41) is 13.7. The highest BCUT2D eigenvalue weighted by Gasteiger charge is 2.35. The van der Waals surface area contributed by atoms with Crippen molar-refractivity contribution >= 4 is 5.97 Å². The van der Waals surface area contributed by atoms with Gasteiger partial charge in [0.15, 0.2) is 0 Å². The van der Waals surface area contributed by atoms with Crippen molar-refractivity contribution in [3.63, 3.8) is 0 Å². The number of aromatic nitrogens is 3. The van der Waals surface area contributed by atoms with Gasteiger partial charge in [-0.15, -0.1) is 5.10 Å². The number of aryl methyl sites for hydroxylation is 1. The SMILES string of the molecule is CCCc1nc(C(F)(F)CC)nn1Cc1ccc(-c2ccccc2)cc1C(=O)O. The molecule has 0 saturated heterocycles. The molecule has 0 aliphatic rings. The number of rotatable bonds is 8. The molecule has 1 N–H and O–H groups in total. The van der Waals surface area contributed by atoms with Crippen LogP contribution in [0, 0.1) is 0 Å². The number of hydrogen-bond donors (Lipinski definition) is 1. The van der Waals surface area contributed by atoms with Gasteiger partial charge in [-0.3, -0.25) is 0 Å². The second-order valence-electron chi connectivity index (χ2n) is 6.86. The number of benzene rings is 2. The Kier molecular flexibility index (Phi) is 6.06. The van der Waals surface area contributed by atoms with Crippen molar-refractivity contribution in [3.05, 3.63) is 71.3 Å². The molecule has 152 valence electrons. The van der Waals surface area contributed by atoms with Gasteiger partial charge in [0.2, 0.25) is 5.82 Å². The first-order valence-corrected chi connectivity index (χ1v) is 9.59. The number of aromatic carboxylic acids is 1. The topological polar surface area (TPSA) is 68.0 Å². The monoisotopic (exact) mass is 399 g/mol. The van der Waals surface area contributed by atoms with Crippen LogP contribution in [0.5, 0.6) is 0 Å². The number of alkyl halides is 2. The molecule has 0 fully saturated rings. The summed E-state index contributed by atoms with van der Waals surface area (Å²) in [6.45, 7) is 3.37. The molecule has 5 nitrogen and oxygen atoms in total. The first-order valence-electron chi connectivity index (χ1n) is 9.59. The highest BCUT2D eigenvalue weighted by molar-refractivity contribution is 5.91. The van der Waals surface area contributed by atoms with Crippen molar-refractivity contribution in [3.8, 4) is 11.1 Å². The molecule has 0 spiro atoms. The van der Waals surface area contributed by atoms with Crippen LogP contribution in [0.3, 0.4) is 0 Å².